The molecular formula is C11H22N2OS. The van der Waals surface area contributed by atoms with Crippen LogP contribution in [0.2, 0.25) is 0 Å². The highest BCUT2D eigenvalue weighted by molar-refractivity contribution is 7.80. The zero-order chi connectivity index (χ0) is 11.4. The SMILES string of the molecule is CCC(CC(N)=S)N1CCC(C)C1CO. The van der Waals surface area contributed by atoms with Crippen molar-refractivity contribution in [3.8, 4) is 0 Å². The van der Waals surface area contributed by atoms with E-state index in [2.05, 4.69) is 18.7 Å². The van der Waals surface area contributed by atoms with Gasteiger partial charge in [-0.3, -0.25) is 4.90 Å². The second-order valence-electron chi connectivity index (χ2n) is 4.49. The van der Waals surface area contributed by atoms with E-state index in [4.69, 9.17) is 18.0 Å². The van der Waals surface area contributed by atoms with E-state index in [-0.39, 0.29) is 6.61 Å². The van der Waals surface area contributed by atoms with Gasteiger partial charge in [-0.25, -0.2) is 0 Å². The van der Waals surface area contributed by atoms with Crippen LogP contribution >= 0.6 is 12.2 Å². The number of thiocarbonyl (C=S) groups is 1. The van der Waals surface area contributed by atoms with Crippen LogP contribution in [0.15, 0.2) is 0 Å². The number of hydrogen-bond donors (Lipinski definition) is 2. The Balaban J connectivity index is 2.63. The molecule has 0 bridgehead atoms. The minimum Gasteiger partial charge on any atom is -0.395 e. The monoisotopic (exact) mass is 230 g/mol. The standard InChI is InChI=1S/C11H22N2OS/c1-3-9(6-11(12)15)13-5-4-8(2)10(13)7-14/h8-10,14H,3-7H2,1-2H3,(H2,12,15). The number of rotatable bonds is 5. The first-order chi connectivity index (χ1) is 7.10. The lowest BCUT2D eigenvalue weighted by Crippen LogP contribution is -2.43. The fourth-order valence-electron chi connectivity index (χ4n) is 2.50. The van der Waals surface area contributed by atoms with Crippen molar-refractivity contribution in [2.75, 3.05) is 13.2 Å². The van der Waals surface area contributed by atoms with Gasteiger partial charge in [-0.2, -0.15) is 0 Å². The Bertz CT molecular complexity index is 223. The summed E-state index contributed by atoms with van der Waals surface area (Å²) in [7, 11) is 0. The lowest BCUT2D eigenvalue weighted by atomic mass is 10.0. The van der Waals surface area contributed by atoms with Crippen LogP contribution in [-0.4, -0.2) is 40.2 Å². The molecule has 0 amide bonds. The summed E-state index contributed by atoms with van der Waals surface area (Å²) in [6, 6.07) is 0.703. The highest BCUT2D eigenvalue weighted by Gasteiger charge is 2.34. The first-order valence-electron chi connectivity index (χ1n) is 5.75. The quantitative estimate of drug-likeness (QED) is 0.696. The lowest BCUT2D eigenvalue weighted by molar-refractivity contribution is 0.103. The largest absolute Gasteiger partial charge is 0.395 e. The molecule has 0 aromatic carbocycles. The molecule has 3 atom stereocenters. The van der Waals surface area contributed by atoms with E-state index in [0.29, 0.717) is 23.0 Å². The van der Waals surface area contributed by atoms with Crippen LogP contribution in [0.3, 0.4) is 0 Å². The van der Waals surface area contributed by atoms with E-state index in [0.717, 1.165) is 19.4 Å². The average molecular weight is 230 g/mol. The average Bonchev–Trinajstić information content (AvgIpc) is 2.55. The lowest BCUT2D eigenvalue weighted by Gasteiger charge is -2.32. The zero-order valence-corrected chi connectivity index (χ0v) is 10.5. The maximum atomic E-state index is 9.38. The molecule has 15 heavy (non-hydrogen) atoms. The summed E-state index contributed by atoms with van der Waals surface area (Å²) in [6.45, 7) is 5.66. The Morgan fingerprint density at radius 3 is 2.80 bits per heavy atom. The molecule has 0 aromatic rings. The van der Waals surface area contributed by atoms with Crippen LogP contribution < -0.4 is 5.73 Å². The summed E-state index contributed by atoms with van der Waals surface area (Å²) in [4.78, 5) is 2.96. The topological polar surface area (TPSA) is 49.5 Å². The second kappa shape index (κ2) is 5.77. The number of likely N-dealkylation sites (tertiary alicyclic amines) is 1. The highest BCUT2D eigenvalue weighted by atomic mass is 32.1. The number of nitrogens with two attached hydrogens (primary N) is 1. The first kappa shape index (κ1) is 12.9. The molecule has 0 spiro atoms. The first-order valence-corrected chi connectivity index (χ1v) is 6.15. The molecule has 1 aliphatic heterocycles. The summed E-state index contributed by atoms with van der Waals surface area (Å²) in [5, 5.41) is 9.38. The van der Waals surface area contributed by atoms with Crippen molar-refractivity contribution in [1.29, 1.82) is 0 Å². The van der Waals surface area contributed by atoms with Crippen LogP contribution in [0, 0.1) is 5.92 Å². The third-order valence-corrected chi connectivity index (χ3v) is 3.66. The van der Waals surface area contributed by atoms with Crippen molar-refractivity contribution in [2.24, 2.45) is 11.7 Å². The molecular weight excluding hydrogens is 208 g/mol. The Hall–Kier alpha value is -0.190. The molecule has 1 saturated heterocycles. The Kier molecular flexibility index (Phi) is 4.96. The van der Waals surface area contributed by atoms with Gasteiger partial charge in [0.25, 0.3) is 0 Å². The van der Waals surface area contributed by atoms with Crippen LogP contribution in [0.1, 0.15) is 33.1 Å². The fraction of sp³-hybridized carbons (Fsp3) is 0.909. The predicted molar refractivity (Wildman–Crippen MR) is 66.8 cm³/mol. The summed E-state index contributed by atoms with van der Waals surface area (Å²) < 4.78 is 0. The van der Waals surface area contributed by atoms with Crippen molar-refractivity contribution >= 4 is 17.2 Å². The summed E-state index contributed by atoms with van der Waals surface area (Å²) in [5.74, 6) is 0.579. The molecule has 0 aromatic heterocycles. The number of aliphatic hydroxyl groups is 1. The normalized spacial score (nSPS) is 29.3. The van der Waals surface area contributed by atoms with E-state index >= 15 is 0 Å². The Morgan fingerprint density at radius 1 is 1.67 bits per heavy atom. The third kappa shape index (κ3) is 3.13. The van der Waals surface area contributed by atoms with Gasteiger partial charge in [-0.05, 0) is 25.3 Å². The Labute approximate surface area is 97.6 Å². The van der Waals surface area contributed by atoms with E-state index in [1.54, 1.807) is 0 Å². The van der Waals surface area contributed by atoms with Crippen LogP contribution in [0.5, 0.6) is 0 Å². The molecule has 3 unspecified atom stereocenters. The van der Waals surface area contributed by atoms with Gasteiger partial charge in [0.2, 0.25) is 0 Å². The maximum absolute atomic E-state index is 9.38. The van der Waals surface area contributed by atoms with Gasteiger partial charge in [0.1, 0.15) is 0 Å². The van der Waals surface area contributed by atoms with Gasteiger partial charge in [0.05, 0.1) is 11.6 Å². The summed E-state index contributed by atoms with van der Waals surface area (Å²) in [6.07, 6.45) is 2.98. The highest BCUT2D eigenvalue weighted by Crippen LogP contribution is 2.27. The molecule has 0 aliphatic carbocycles. The minimum atomic E-state index is 0.245. The van der Waals surface area contributed by atoms with Crippen LogP contribution in [-0.2, 0) is 0 Å². The van der Waals surface area contributed by atoms with Gasteiger partial charge in [0.15, 0.2) is 0 Å². The van der Waals surface area contributed by atoms with Crippen LogP contribution in [0.4, 0.5) is 0 Å². The second-order valence-corrected chi connectivity index (χ2v) is 5.01. The zero-order valence-electron chi connectivity index (χ0n) is 9.65. The predicted octanol–water partition coefficient (Wildman–Crippen LogP) is 1.14. The molecule has 1 rings (SSSR count). The number of nitrogens with zero attached hydrogens (tertiary/aromatic N) is 1. The van der Waals surface area contributed by atoms with Crippen molar-refractivity contribution in [3.05, 3.63) is 0 Å². The van der Waals surface area contributed by atoms with E-state index in [1.165, 1.54) is 6.42 Å². The molecule has 0 radical (unpaired) electrons. The van der Waals surface area contributed by atoms with E-state index in [1.807, 2.05) is 0 Å². The summed E-state index contributed by atoms with van der Waals surface area (Å²) in [5.41, 5.74) is 5.60. The minimum absolute atomic E-state index is 0.245. The molecule has 1 fully saturated rings. The molecule has 1 aliphatic rings. The van der Waals surface area contributed by atoms with Gasteiger partial charge in [-0.1, -0.05) is 26.1 Å². The van der Waals surface area contributed by atoms with Gasteiger partial charge in [-0.15, -0.1) is 0 Å². The summed E-state index contributed by atoms with van der Waals surface area (Å²) >= 11 is 4.97. The maximum Gasteiger partial charge on any atom is 0.0743 e. The fourth-order valence-corrected chi connectivity index (χ4v) is 2.70. The van der Waals surface area contributed by atoms with Crippen molar-refractivity contribution in [2.45, 2.75) is 45.2 Å². The van der Waals surface area contributed by atoms with E-state index in [9.17, 15) is 5.11 Å². The third-order valence-electron chi connectivity index (χ3n) is 3.49. The molecule has 4 heteroatoms. The molecule has 1 heterocycles. The molecule has 3 N–H and O–H groups in total. The van der Waals surface area contributed by atoms with Gasteiger partial charge >= 0.3 is 0 Å². The van der Waals surface area contributed by atoms with Crippen molar-refractivity contribution in [1.82, 2.24) is 4.90 Å². The van der Waals surface area contributed by atoms with Crippen molar-refractivity contribution in [3.63, 3.8) is 0 Å². The molecule has 0 saturated carbocycles. The smallest absolute Gasteiger partial charge is 0.0743 e. The van der Waals surface area contributed by atoms with E-state index < -0.39 is 0 Å². The number of aliphatic hydroxyl groups excluding tert-OH is 1. The molecule has 3 nitrogen and oxygen atoms in total. The van der Waals surface area contributed by atoms with Crippen LogP contribution in [0.25, 0.3) is 0 Å². The van der Waals surface area contributed by atoms with Gasteiger partial charge in [0, 0.05) is 18.5 Å². The Morgan fingerprint density at radius 2 is 2.33 bits per heavy atom. The van der Waals surface area contributed by atoms with Gasteiger partial charge < -0.3 is 10.8 Å². The number of hydrogen-bond acceptors (Lipinski definition) is 3. The van der Waals surface area contributed by atoms with Crippen molar-refractivity contribution < 1.29 is 5.11 Å². The molecule has 88 valence electrons.